The number of hydrazine groups is 1. The summed E-state index contributed by atoms with van der Waals surface area (Å²) >= 11 is 0. The molecule has 5 nitrogen and oxygen atoms in total. The number of ether oxygens (including phenoxy) is 1. The summed E-state index contributed by atoms with van der Waals surface area (Å²) in [4.78, 5) is 23.4. The number of rotatable bonds is 7. The van der Waals surface area contributed by atoms with E-state index in [9.17, 15) is 35.9 Å². The third-order valence-corrected chi connectivity index (χ3v) is 4.44. The van der Waals surface area contributed by atoms with Gasteiger partial charge in [0.25, 0.3) is 5.91 Å². The molecule has 0 radical (unpaired) electrons. The molecule has 0 saturated carbocycles. The summed E-state index contributed by atoms with van der Waals surface area (Å²) in [5.74, 6) is 4.28. The van der Waals surface area contributed by atoms with Crippen LogP contribution in [0.15, 0.2) is 42.5 Å². The van der Waals surface area contributed by atoms with Gasteiger partial charge in [0.05, 0.1) is 23.8 Å². The second-order valence-electron chi connectivity index (χ2n) is 7.00. The molecule has 0 bridgehead atoms. The molecule has 34 heavy (non-hydrogen) atoms. The monoisotopic (exact) mass is 486 g/mol. The van der Waals surface area contributed by atoms with Crippen molar-refractivity contribution in [2.24, 2.45) is 0 Å². The summed E-state index contributed by atoms with van der Waals surface area (Å²) in [6.45, 7) is 0.229. The van der Waals surface area contributed by atoms with Gasteiger partial charge in [0, 0.05) is 24.1 Å². The Balaban J connectivity index is 1.80. The smallest absolute Gasteiger partial charge is 0.416 e. The fourth-order valence-corrected chi connectivity index (χ4v) is 2.70. The number of carbonyl (C=O) groups excluding carboxylic acids is 2. The van der Waals surface area contributed by atoms with Crippen molar-refractivity contribution >= 4 is 11.9 Å². The summed E-state index contributed by atoms with van der Waals surface area (Å²) < 4.78 is 81.9. The average Bonchev–Trinajstić information content (AvgIpc) is 2.79. The first-order valence-electron chi connectivity index (χ1n) is 9.92. The minimum atomic E-state index is -5.03. The molecule has 0 saturated heterocycles. The van der Waals surface area contributed by atoms with E-state index >= 15 is 0 Å². The minimum absolute atomic E-state index is 0.0429. The summed E-state index contributed by atoms with van der Waals surface area (Å²) in [6, 6.07) is 7.20. The largest absolute Gasteiger partial charge is 0.465 e. The molecule has 0 heterocycles. The van der Waals surface area contributed by atoms with Crippen LogP contribution in [0.2, 0.25) is 0 Å². The van der Waals surface area contributed by atoms with E-state index in [1.54, 1.807) is 24.3 Å². The van der Waals surface area contributed by atoms with Crippen LogP contribution in [0.5, 0.6) is 0 Å². The Labute approximate surface area is 191 Å². The number of carbonyl (C=O) groups is 2. The molecule has 0 unspecified atom stereocenters. The van der Waals surface area contributed by atoms with Gasteiger partial charge in [0.2, 0.25) is 0 Å². The topological polar surface area (TPSA) is 67.4 Å². The van der Waals surface area contributed by atoms with Crippen molar-refractivity contribution in [3.8, 4) is 11.8 Å². The van der Waals surface area contributed by atoms with Crippen molar-refractivity contribution in [2.45, 2.75) is 31.6 Å². The van der Waals surface area contributed by atoms with E-state index in [1.165, 1.54) is 7.11 Å². The second-order valence-corrected chi connectivity index (χ2v) is 7.00. The Morgan fingerprint density at radius 3 is 2.00 bits per heavy atom. The van der Waals surface area contributed by atoms with Crippen LogP contribution in [0.25, 0.3) is 0 Å². The highest BCUT2D eigenvalue weighted by molar-refractivity contribution is 5.94. The van der Waals surface area contributed by atoms with Gasteiger partial charge in [-0.3, -0.25) is 10.2 Å². The van der Waals surface area contributed by atoms with Gasteiger partial charge >= 0.3 is 18.3 Å². The van der Waals surface area contributed by atoms with Crippen LogP contribution in [0.3, 0.4) is 0 Å². The third kappa shape index (κ3) is 8.12. The molecule has 1 amide bonds. The van der Waals surface area contributed by atoms with Crippen molar-refractivity contribution in [3.05, 3.63) is 70.3 Å². The van der Waals surface area contributed by atoms with Crippen LogP contribution in [-0.4, -0.2) is 25.5 Å². The molecule has 0 aliphatic heterocycles. The first kappa shape index (κ1) is 26.7. The fraction of sp³-hybridized carbons (Fsp3) is 0.304. The van der Waals surface area contributed by atoms with Gasteiger partial charge in [-0.25, -0.2) is 10.2 Å². The van der Waals surface area contributed by atoms with E-state index in [4.69, 9.17) is 0 Å². The number of amides is 1. The van der Waals surface area contributed by atoms with Crippen LogP contribution in [-0.2, 0) is 17.1 Å². The van der Waals surface area contributed by atoms with E-state index in [1.807, 2.05) is 0 Å². The molecule has 182 valence electrons. The predicted octanol–water partition coefficient (Wildman–Crippen LogP) is 4.97. The highest BCUT2D eigenvalue weighted by Gasteiger charge is 2.37. The molecule has 0 aliphatic rings. The highest BCUT2D eigenvalue weighted by Crippen LogP contribution is 2.36. The lowest BCUT2D eigenvalue weighted by molar-refractivity contribution is -0.143. The van der Waals surface area contributed by atoms with Gasteiger partial charge in [-0.15, -0.1) is 0 Å². The Kier molecular flexibility index (Phi) is 9.09. The lowest BCUT2D eigenvalue weighted by Gasteiger charge is -2.14. The Morgan fingerprint density at radius 1 is 0.882 bits per heavy atom. The lowest BCUT2D eigenvalue weighted by atomic mass is 10.0. The number of esters is 1. The normalized spacial score (nSPS) is 11.4. The van der Waals surface area contributed by atoms with Crippen molar-refractivity contribution < 1.29 is 40.7 Å². The maximum atomic E-state index is 12.9. The van der Waals surface area contributed by atoms with Crippen molar-refractivity contribution in [2.75, 3.05) is 13.7 Å². The van der Waals surface area contributed by atoms with E-state index in [-0.39, 0.29) is 12.6 Å². The van der Waals surface area contributed by atoms with E-state index in [0.717, 1.165) is 0 Å². The molecule has 2 rings (SSSR count). The Hall–Kier alpha value is -3.52. The zero-order valence-corrected chi connectivity index (χ0v) is 17.9. The molecular formula is C23H20F6N2O3. The van der Waals surface area contributed by atoms with Crippen molar-refractivity contribution in [3.63, 3.8) is 0 Å². The lowest BCUT2D eigenvalue weighted by Crippen LogP contribution is -2.38. The Morgan fingerprint density at radius 2 is 1.47 bits per heavy atom. The van der Waals surface area contributed by atoms with Crippen molar-refractivity contribution in [1.29, 1.82) is 0 Å². The molecule has 2 aromatic carbocycles. The van der Waals surface area contributed by atoms with Gasteiger partial charge in [0.1, 0.15) is 0 Å². The number of hydrogen-bond acceptors (Lipinski definition) is 4. The predicted molar refractivity (Wildman–Crippen MR) is 110 cm³/mol. The first-order chi connectivity index (χ1) is 15.9. The van der Waals surface area contributed by atoms with E-state index < -0.39 is 40.9 Å². The number of methoxy groups -OCH3 is 1. The van der Waals surface area contributed by atoms with Crippen molar-refractivity contribution in [1.82, 2.24) is 10.9 Å². The standard InChI is InChI=1S/C23H20F6N2O3/c1-34-21(33)16-9-7-15(8-10-16)6-4-2-3-5-11-30-31-20(32)17-12-18(22(24,25)26)14-19(13-17)23(27,28)29/h7-10,12-14,30H,2-3,5,11H2,1H3,(H,31,32). The van der Waals surface area contributed by atoms with Crippen LogP contribution in [0, 0.1) is 11.8 Å². The molecule has 2 N–H and O–H groups in total. The fourth-order valence-electron chi connectivity index (χ4n) is 2.70. The summed E-state index contributed by atoms with van der Waals surface area (Å²) in [5.41, 5.74) is 1.79. The van der Waals surface area contributed by atoms with Gasteiger partial charge in [-0.05, 0) is 55.3 Å². The summed E-state index contributed by atoms with van der Waals surface area (Å²) in [6.07, 6.45) is -8.40. The second kappa shape index (κ2) is 11.6. The SMILES string of the molecule is COC(=O)c1ccc(C#CCCCCNNC(=O)c2cc(C(F)(F)F)cc(C(F)(F)F)c2)cc1. The van der Waals surface area contributed by atoms with Crippen LogP contribution < -0.4 is 10.9 Å². The number of halogens is 6. The van der Waals surface area contributed by atoms with E-state index in [0.29, 0.717) is 42.5 Å². The summed E-state index contributed by atoms with van der Waals surface area (Å²) in [7, 11) is 1.28. The number of hydrogen-bond donors (Lipinski definition) is 2. The number of unbranched alkanes of at least 4 members (excludes halogenated alkanes) is 2. The molecule has 0 spiro atoms. The molecular weight excluding hydrogens is 466 g/mol. The first-order valence-corrected chi connectivity index (χ1v) is 9.92. The van der Waals surface area contributed by atoms with Crippen LogP contribution >= 0.6 is 0 Å². The quantitative estimate of drug-likeness (QED) is 0.191. The van der Waals surface area contributed by atoms with Crippen LogP contribution in [0.4, 0.5) is 26.3 Å². The van der Waals surface area contributed by atoms with Gasteiger partial charge in [-0.1, -0.05) is 11.8 Å². The average molecular weight is 486 g/mol. The number of benzene rings is 2. The minimum Gasteiger partial charge on any atom is -0.465 e. The molecule has 0 fully saturated rings. The maximum absolute atomic E-state index is 12.9. The zero-order chi connectivity index (χ0) is 25.4. The Bertz CT molecular complexity index is 1040. The van der Waals surface area contributed by atoms with Gasteiger partial charge in [0.15, 0.2) is 0 Å². The third-order valence-electron chi connectivity index (χ3n) is 4.44. The molecule has 0 atom stereocenters. The molecule has 0 aromatic heterocycles. The molecule has 11 heteroatoms. The molecule has 0 aliphatic carbocycles. The maximum Gasteiger partial charge on any atom is 0.416 e. The number of nitrogens with one attached hydrogen (secondary N) is 2. The van der Waals surface area contributed by atoms with E-state index in [2.05, 4.69) is 27.4 Å². The highest BCUT2D eigenvalue weighted by atomic mass is 19.4. The van der Waals surface area contributed by atoms with Gasteiger partial charge in [-0.2, -0.15) is 26.3 Å². The van der Waals surface area contributed by atoms with Gasteiger partial charge < -0.3 is 4.74 Å². The van der Waals surface area contributed by atoms with Crippen LogP contribution in [0.1, 0.15) is 56.7 Å². The summed E-state index contributed by atoms with van der Waals surface area (Å²) in [5, 5.41) is 0. The number of alkyl halides is 6. The zero-order valence-electron chi connectivity index (χ0n) is 17.9. The molecule has 2 aromatic rings.